The smallest absolute Gasteiger partial charge is 0.345 e. The molecule has 0 bridgehead atoms. The van der Waals surface area contributed by atoms with Gasteiger partial charge in [-0.3, -0.25) is 9.69 Å². The summed E-state index contributed by atoms with van der Waals surface area (Å²) in [5.74, 6) is -0.228. The van der Waals surface area contributed by atoms with Gasteiger partial charge in [0.1, 0.15) is 17.4 Å². The molecule has 2 aromatic heterocycles. The molecule has 0 fully saturated rings. The fraction of sp³-hybridized carbons (Fsp3) is 0.450. The van der Waals surface area contributed by atoms with Crippen molar-refractivity contribution in [1.29, 1.82) is 0 Å². The molecule has 3 heterocycles. The van der Waals surface area contributed by atoms with E-state index in [9.17, 15) is 14.7 Å². The quantitative estimate of drug-likeness (QED) is 0.338. The lowest BCUT2D eigenvalue weighted by Gasteiger charge is -2.24. The summed E-state index contributed by atoms with van der Waals surface area (Å²) >= 11 is 1.28. The molecule has 31 heavy (non-hydrogen) atoms. The number of carbonyl (C=O) groups excluding carboxylic acids is 1. The standard InChI is InChI=1S/C20H24N2O4SSi.3BrH/c1-28(2,3)8-7-26-12-22-17-14(5-4-6-21-17)20(19(22)25)10-13-9-15(18(23)24)27-16(13)11-20;;;/h4-6,9H,7-8,10-12H2,1-3H3,(H,23,24);3*1H/t20-;;;/m1.../s1. The van der Waals surface area contributed by atoms with E-state index in [0.29, 0.717) is 30.1 Å². The molecule has 4 rings (SSSR count). The van der Waals surface area contributed by atoms with Crippen molar-refractivity contribution in [3.05, 3.63) is 45.3 Å². The van der Waals surface area contributed by atoms with E-state index in [2.05, 4.69) is 24.6 Å². The number of nitrogens with zero attached hydrogens (tertiary/aromatic N) is 2. The molecule has 0 unspecified atom stereocenters. The van der Waals surface area contributed by atoms with Gasteiger partial charge in [0, 0.05) is 37.7 Å². The highest BCUT2D eigenvalue weighted by Crippen LogP contribution is 2.50. The van der Waals surface area contributed by atoms with Gasteiger partial charge in [0.15, 0.2) is 0 Å². The Kier molecular flexibility index (Phi) is 9.69. The van der Waals surface area contributed by atoms with Crippen molar-refractivity contribution in [2.45, 2.75) is 43.9 Å². The lowest BCUT2D eigenvalue weighted by atomic mass is 9.80. The van der Waals surface area contributed by atoms with E-state index < -0.39 is 19.5 Å². The van der Waals surface area contributed by atoms with E-state index in [-0.39, 0.29) is 63.6 Å². The summed E-state index contributed by atoms with van der Waals surface area (Å²) < 4.78 is 5.86. The summed E-state index contributed by atoms with van der Waals surface area (Å²) in [6, 6.07) is 6.59. The van der Waals surface area contributed by atoms with Gasteiger partial charge < -0.3 is 9.84 Å². The SMILES string of the molecule is Br.Br.Br.C[Si](C)(C)CCOCN1C(=O)[C@@]2(Cc3cc(C(=O)O)sc3C2)c2cccnc21. The average molecular weight is 659 g/mol. The van der Waals surface area contributed by atoms with Crippen molar-refractivity contribution in [2.75, 3.05) is 18.2 Å². The fourth-order valence-corrected chi connectivity index (χ4v) is 5.88. The first-order valence-electron chi connectivity index (χ1n) is 9.41. The molecule has 0 radical (unpaired) electrons. The van der Waals surface area contributed by atoms with Gasteiger partial charge in [-0.05, 0) is 30.2 Å². The molecule has 1 N–H and O–H groups in total. The first-order valence-corrected chi connectivity index (χ1v) is 13.9. The Morgan fingerprint density at radius 3 is 2.61 bits per heavy atom. The van der Waals surface area contributed by atoms with Crippen molar-refractivity contribution in [2.24, 2.45) is 0 Å². The summed E-state index contributed by atoms with van der Waals surface area (Å²) in [6.45, 7) is 7.75. The van der Waals surface area contributed by atoms with Crippen LogP contribution in [0.2, 0.25) is 25.7 Å². The number of aromatic nitrogens is 1. The van der Waals surface area contributed by atoms with Crippen LogP contribution in [0.1, 0.15) is 25.7 Å². The minimum atomic E-state index is -1.19. The van der Waals surface area contributed by atoms with Crippen molar-refractivity contribution in [3.8, 4) is 0 Å². The Bertz CT molecular complexity index is 941. The summed E-state index contributed by atoms with van der Waals surface area (Å²) in [6.07, 6.45) is 2.76. The van der Waals surface area contributed by atoms with E-state index >= 15 is 0 Å². The molecule has 0 saturated carbocycles. The lowest BCUT2D eigenvalue weighted by Crippen LogP contribution is -2.42. The molecule has 2 aromatic rings. The lowest BCUT2D eigenvalue weighted by molar-refractivity contribution is -0.124. The number of thiophene rings is 1. The average Bonchev–Trinajstić information content (AvgIpc) is 3.23. The second kappa shape index (κ2) is 10.6. The number of aromatic carboxylic acids is 1. The number of pyridine rings is 1. The molecule has 1 atom stereocenters. The predicted octanol–water partition coefficient (Wildman–Crippen LogP) is 5.27. The van der Waals surface area contributed by atoms with Crippen LogP contribution in [0.25, 0.3) is 0 Å². The number of fused-ring (bicyclic) bond motifs is 3. The van der Waals surface area contributed by atoms with Gasteiger partial charge in [0.25, 0.3) is 0 Å². The normalized spacial score (nSPS) is 18.7. The maximum Gasteiger partial charge on any atom is 0.345 e. The van der Waals surface area contributed by atoms with Crippen LogP contribution in [0, 0.1) is 0 Å². The van der Waals surface area contributed by atoms with E-state index in [1.165, 1.54) is 11.3 Å². The number of ether oxygens (including phenoxy) is 1. The zero-order chi connectivity index (χ0) is 20.1. The third-order valence-electron chi connectivity index (χ3n) is 5.49. The maximum atomic E-state index is 13.5. The third kappa shape index (κ3) is 5.32. The fourth-order valence-electron chi connectivity index (χ4n) is 3.98. The molecule has 1 aliphatic heterocycles. The molecule has 6 nitrogen and oxygen atoms in total. The van der Waals surface area contributed by atoms with E-state index in [1.54, 1.807) is 17.2 Å². The van der Waals surface area contributed by atoms with Crippen LogP contribution < -0.4 is 4.90 Å². The number of carboxylic acid groups (broad SMARTS) is 1. The van der Waals surface area contributed by atoms with E-state index in [1.807, 2.05) is 12.1 Å². The van der Waals surface area contributed by atoms with Crippen LogP contribution in [0.15, 0.2) is 24.4 Å². The van der Waals surface area contributed by atoms with Crippen LogP contribution >= 0.6 is 62.3 Å². The highest BCUT2D eigenvalue weighted by atomic mass is 79.9. The monoisotopic (exact) mass is 656 g/mol. The second-order valence-electron chi connectivity index (χ2n) is 8.76. The number of hydrogen-bond donors (Lipinski definition) is 1. The van der Waals surface area contributed by atoms with Gasteiger partial charge in [-0.25, -0.2) is 9.78 Å². The summed E-state index contributed by atoms with van der Waals surface area (Å²) in [7, 11) is -1.19. The summed E-state index contributed by atoms with van der Waals surface area (Å²) in [5.41, 5.74) is 1.21. The second-order valence-corrected chi connectivity index (χ2v) is 15.5. The van der Waals surface area contributed by atoms with Gasteiger partial charge in [0.05, 0.1) is 5.41 Å². The molecule has 172 valence electrons. The number of rotatable bonds is 6. The van der Waals surface area contributed by atoms with Crippen LogP contribution in [0.3, 0.4) is 0 Å². The van der Waals surface area contributed by atoms with Crippen molar-refractivity contribution >= 4 is 88.0 Å². The largest absolute Gasteiger partial charge is 0.477 e. The molecule has 11 heteroatoms. The van der Waals surface area contributed by atoms with Gasteiger partial charge in [-0.2, -0.15) is 0 Å². The number of amides is 1. The molecule has 1 spiro atoms. The minimum Gasteiger partial charge on any atom is -0.477 e. The molecule has 0 aromatic carbocycles. The zero-order valence-electron chi connectivity index (χ0n) is 17.5. The van der Waals surface area contributed by atoms with E-state index in [0.717, 1.165) is 22.0 Å². The highest BCUT2D eigenvalue weighted by Gasteiger charge is 2.55. The van der Waals surface area contributed by atoms with E-state index in [4.69, 9.17) is 4.74 Å². The molecule has 0 saturated heterocycles. The topological polar surface area (TPSA) is 79.7 Å². The molecule has 1 amide bonds. The Labute approximate surface area is 218 Å². The number of carbonyl (C=O) groups is 2. The highest BCUT2D eigenvalue weighted by molar-refractivity contribution is 8.93. The summed E-state index contributed by atoms with van der Waals surface area (Å²) in [4.78, 5) is 32.2. The van der Waals surface area contributed by atoms with Crippen molar-refractivity contribution < 1.29 is 19.4 Å². The predicted molar refractivity (Wildman–Crippen MR) is 142 cm³/mol. The maximum absolute atomic E-state index is 13.5. The zero-order valence-corrected chi connectivity index (χ0v) is 24.5. The Morgan fingerprint density at radius 2 is 2.00 bits per heavy atom. The van der Waals surface area contributed by atoms with Gasteiger partial charge in [0.2, 0.25) is 5.91 Å². The van der Waals surface area contributed by atoms with Crippen LogP contribution in [-0.2, 0) is 27.8 Å². The molecular formula is C20H27Br3N2O4SSi. The first-order chi connectivity index (χ1) is 13.2. The molecule has 1 aliphatic carbocycles. The van der Waals surface area contributed by atoms with Crippen LogP contribution in [0.5, 0.6) is 0 Å². The molecule has 2 aliphatic rings. The first kappa shape index (κ1) is 28.4. The van der Waals surface area contributed by atoms with Gasteiger partial charge >= 0.3 is 5.97 Å². The minimum absolute atomic E-state index is 0. The summed E-state index contributed by atoms with van der Waals surface area (Å²) in [5, 5.41) is 9.24. The van der Waals surface area contributed by atoms with Crippen LogP contribution in [-0.4, -0.2) is 43.4 Å². The van der Waals surface area contributed by atoms with Gasteiger partial charge in [-0.15, -0.1) is 62.3 Å². The third-order valence-corrected chi connectivity index (χ3v) is 8.36. The number of anilines is 1. The Morgan fingerprint density at radius 1 is 1.29 bits per heavy atom. The Hall–Kier alpha value is -0.593. The number of hydrogen-bond acceptors (Lipinski definition) is 5. The van der Waals surface area contributed by atoms with Gasteiger partial charge in [-0.1, -0.05) is 25.7 Å². The van der Waals surface area contributed by atoms with Crippen molar-refractivity contribution in [1.82, 2.24) is 4.98 Å². The van der Waals surface area contributed by atoms with Crippen molar-refractivity contribution in [3.63, 3.8) is 0 Å². The van der Waals surface area contributed by atoms with Crippen LogP contribution in [0.4, 0.5) is 5.82 Å². The number of halogens is 3. The molecular weight excluding hydrogens is 632 g/mol. The Balaban J connectivity index is 0.00000160. The number of carboxylic acids is 1.